The van der Waals surface area contributed by atoms with Crippen LogP contribution in [0.1, 0.15) is 32.6 Å². The van der Waals surface area contributed by atoms with E-state index in [1.165, 1.54) is 17.1 Å². The number of amides is 2. The van der Waals surface area contributed by atoms with Gasteiger partial charge in [-0.3, -0.25) is 19.3 Å². The molecule has 0 aromatic carbocycles. The second-order valence-corrected chi connectivity index (χ2v) is 3.73. The Morgan fingerprint density at radius 2 is 1.94 bits per heavy atom. The van der Waals surface area contributed by atoms with Crippen LogP contribution < -0.4 is 0 Å². The zero-order chi connectivity index (χ0) is 12.1. The van der Waals surface area contributed by atoms with Crippen molar-refractivity contribution in [2.75, 3.05) is 0 Å². The lowest BCUT2D eigenvalue weighted by Crippen LogP contribution is -2.39. The van der Waals surface area contributed by atoms with Crippen molar-refractivity contribution < 1.29 is 19.5 Å². The number of carbonyl (C=O) groups is 3. The minimum Gasteiger partial charge on any atom is -0.481 e. The van der Waals surface area contributed by atoms with E-state index in [0.29, 0.717) is 19.3 Å². The van der Waals surface area contributed by atoms with Crippen LogP contribution in [0.25, 0.3) is 0 Å². The molecule has 1 rings (SSSR count). The number of carboxylic acid groups (broad SMARTS) is 1. The highest BCUT2D eigenvalue weighted by Crippen LogP contribution is 2.17. The maximum Gasteiger partial charge on any atom is 0.303 e. The lowest BCUT2D eigenvalue weighted by atomic mass is 10.1. The molecule has 0 aromatic rings. The largest absolute Gasteiger partial charge is 0.481 e. The molecule has 0 aliphatic carbocycles. The monoisotopic (exact) mass is 225 g/mol. The molecule has 5 nitrogen and oxygen atoms in total. The van der Waals surface area contributed by atoms with Crippen molar-refractivity contribution in [1.82, 2.24) is 4.90 Å². The Hall–Kier alpha value is -1.65. The number of imide groups is 1. The van der Waals surface area contributed by atoms with E-state index in [1.54, 1.807) is 0 Å². The molecule has 5 heteroatoms. The van der Waals surface area contributed by atoms with Crippen molar-refractivity contribution in [3.05, 3.63) is 12.2 Å². The van der Waals surface area contributed by atoms with E-state index in [1.807, 2.05) is 6.92 Å². The first-order valence-electron chi connectivity index (χ1n) is 5.33. The summed E-state index contributed by atoms with van der Waals surface area (Å²) in [7, 11) is 0. The van der Waals surface area contributed by atoms with Crippen LogP contribution in [0.5, 0.6) is 0 Å². The normalized spacial score (nSPS) is 16.9. The third-order valence-corrected chi connectivity index (χ3v) is 2.61. The van der Waals surface area contributed by atoms with E-state index in [4.69, 9.17) is 5.11 Å². The molecule has 1 atom stereocenters. The average Bonchev–Trinajstić information content (AvgIpc) is 2.54. The third kappa shape index (κ3) is 2.92. The molecule has 0 saturated heterocycles. The number of nitrogens with zero attached hydrogens (tertiary/aromatic N) is 1. The van der Waals surface area contributed by atoms with Gasteiger partial charge in [0.25, 0.3) is 11.8 Å². The topological polar surface area (TPSA) is 74.7 Å². The summed E-state index contributed by atoms with van der Waals surface area (Å²) in [6.45, 7) is 1.88. The zero-order valence-corrected chi connectivity index (χ0v) is 9.18. The highest BCUT2D eigenvalue weighted by molar-refractivity contribution is 6.13. The summed E-state index contributed by atoms with van der Waals surface area (Å²) < 4.78 is 0. The van der Waals surface area contributed by atoms with Crippen molar-refractivity contribution in [3.63, 3.8) is 0 Å². The second-order valence-electron chi connectivity index (χ2n) is 3.73. The highest BCUT2D eigenvalue weighted by atomic mass is 16.4. The van der Waals surface area contributed by atoms with Gasteiger partial charge in [0.05, 0.1) is 0 Å². The first-order valence-corrected chi connectivity index (χ1v) is 5.33. The predicted molar refractivity (Wildman–Crippen MR) is 56.6 cm³/mol. The molecule has 0 fully saturated rings. The molecule has 0 aromatic heterocycles. The minimum absolute atomic E-state index is 0.0696. The molecule has 1 heterocycles. The zero-order valence-electron chi connectivity index (χ0n) is 9.18. The molecule has 16 heavy (non-hydrogen) atoms. The first-order chi connectivity index (χ1) is 7.56. The first kappa shape index (κ1) is 12.4. The Bertz CT molecular complexity index is 317. The van der Waals surface area contributed by atoms with Gasteiger partial charge in [-0.15, -0.1) is 0 Å². The van der Waals surface area contributed by atoms with E-state index >= 15 is 0 Å². The Labute approximate surface area is 93.7 Å². The molecule has 0 radical (unpaired) electrons. The van der Waals surface area contributed by atoms with Crippen LogP contribution >= 0.6 is 0 Å². The van der Waals surface area contributed by atoms with Gasteiger partial charge < -0.3 is 5.11 Å². The summed E-state index contributed by atoms with van der Waals surface area (Å²) in [5.41, 5.74) is 0. The standard InChI is InChI=1S/C11H15NO4/c1-2-8(4-3-5-11(15)16)12-9(13)6-7-10(12)14/h6-8H,2-5H2,1H3,(H,15,16). The molecule has 0 spiro atoms. The molecule has 2 amide bonds. The van der Waals surface area contributed by atoms with Crippen molar-refractivity contribution in [3.8, 4) is 0 Å². The summed E-state index contributed by atoms with van der Waals surface area (Å²) in [6.07, 6.45) is 4.25. The van der Waals surface area contributed by atoms with Crippen LogP contribution in [0.15, 0.2) is 12.2 Å². The van der Waals surface area contributed by atoms with Gasteiger partial charge in [-0.05, 0) is 19.3 Å². The van der Waals surface area contributed by atoms with Crippen molar-refractivity contribution >= 4 is 17.8 Å². The van der Waals surface area contributed by atoms with E-state index in [-0.39, 0.29) is 24.3 Å². The summed E-state index contributed by atoms with van der Waals surface area (Å²) in [5, 5.41) is 8.51. The molecule has 0 bridgehead atoms. The molecule has 0 saturated carbocycles. The number of hydrogen-bond donors (Lipinski definition) is 1. The van der Waals surface area contributed by atoms with E-state index in [9.17, 15) is 14.4 Å². The Morgan fingerprint density at radius 3 is 2.38 bits per heavy atom. The highest BCUT2D eigenvalue weighted by Gasteiger charge is 2.29. The van der Waals surface area contributed by atoms with Crippen LogP contribution in [0.4, 0.5) is 0 Å². The fourth-order valence-corrected chi connectivity index (χ4v) is 1.78. The maximum atomic E-state index is 11.4. The third-order valence-electron chi connectivity index (χ3n) is 2.61. The summed E-state index contributed by atoms with van der Waals surface area (Å²) >= 11 is 0. The van der Waals surface area contributed by atoms with Gasteiger partial charge in [-0.2, -0.15) is 0 Å². The number of aliphatic carboxylic acids is 1. The summed E-state index contributed by atoms with van der Waals surface area (Å²) in [4.78, 5) is 34.3. The Kier molecular flexibility index (Phi) is 4.22. The SMILES string of the molecule is CCC(CCCC(=O)O)N1C(=O)C=CC1=O. The van der Waals surface area contributed by atoms with Gasteiger partial charge in [0, 0.05) is 24.6 Å². The predicted octanol–water partition coefficient (Wildman–Crippen LogP) is 0.945. The maximum absolute atomic E-state index is 11.4. The fourth-order valence-electron chi connectivity index (χ4n) is 1.78. The lowest BCUT2D eigenvalue weighted by molar-refractivity contribution is -0.139. The molecule has 1 N–H and O–H groups in total. The summed E-state index contributed by atoms with van der Waals surface area (Å²) in [5.74, 6) is -1.45. The number of carboxylic acids is 1. The number of carbonyl (C=O) groups excluding carboxylic acids is 2. The lowest BCUT2D eigenvalue weighted by Gasteiger charge is -2.24. The number of hydrogen-bond acceptors (Lipinski definition) is 3. The Balaban J connectivity index is 2.51. The van der Waals surface area contributed by atoms with Crippen LogP contribution in [-0.2, 0) is 14.4 Å². The average molecular weight is 225 g/mol. The van der Waals surface area contributed by atoms with Gasteiger partial charge in [-0.25, -0.2) is 0 Å². The van der Waals surface area contributed by atoms with Crippen molar-refractivity contribution in [2.45, 2.75) is 38.6 Å². The van der Waals surface area contributed by atoms with Gasteiger partial charge in [0.2, 0.25) is 0 Å². The van der Waals surface area contributed by atoms with Crippen molar-refractivity contribution in [2.24, 2.45) is 0 Å². The minimum atomic E-state index is -0.855. The van der Waals surface area contributed by atoms with E-state index < -0.39 is 5.97 Å². The van der Waals surface area contributed by atoms with Crippen LogP contribution in [0.3, 0.4) is 0 Å². The second kappa shape index (κ2) is 5.44. The smallest absolute Gasteiger partial charge is 0.303 e. The Morgan fingerprint density at radius 1 is 1.38 bits per heavy atom. The van der Waals surface area contributed by atoms with Crippen molar-refractivity contribution in [1.29, 1.82) is 0 Å². The van der Waals surface area contributed by atoms with Crippen LogP contribution in [-0.4, -0.2) is 33.8 Å². The number of rotatable bonds is 6. The van der Waals surface area contributed by atoms with Crippen LogP contribution in [0, 0.1) is 0 Å². The van der Waals surface area contributed by atoms with Gasteiger partial charge in [0.1, 0.15) is 0 Å². The molecular weight excluding hydrogens is 210 g/mol. The van der Waals surface area contributed by atoms with E-state index in [2.05, 4.69) is 0 Å². The van der Waals surface area contributed by atoms with Gasteiger partial charge >= 0.3 is 5.97 Å². The molecule has 88 valence electrons. The van der Waals surface area contributed by atoms with Gasteiger partial charge in [0.15, 0.2) is 0 Å². The molecule has 1 unspecified atom stereocenters. The van der Waals surface area contributed by atoms with E-state index in [0.717, 1.165) is 0 Å². The quantitative estimate of drug-likeness (QED) is 0.683. The molecule has 1 aliphatic heterocycles. The molecular formula is C11H15NO4. The molecule has 1 aliphatic rings. The van der Waals surface area contributed by atoms with Crippen LogP contribution in [0.2, 0.25) is 0 Å². The van der Waals surface area contributed by atoms with Gasteiger partial charge in [-0.1, -0.05) is 6.92 Å². The summed E-state index contributed by atoms with van der Waals surface area (Å²) in [6, 6.07) is -0.186. The fraction of sp³-hybridized carbons (Fsp3) is 0.545.